The van der Waals surface area contributed by atoms with Gasteiger partial charge in [0, 0.05) is 78.0 Å². The summed E-state index contributed by atoms with van der Waals surface area (Å²) in [4.78, 5) is 103. The zero-order chi connectivity index (χ0) is 69.4. The molecule has 8 amide bonds. The van der Waals surface area contributed by atoms with Gasteiger partial charge in [-0.15, -0.1) is 0 Å². The van der Waals surface area contributed by atoms with Crippen LogP contribution in [0.4, 0.5) is 9.59 Å². The van der Waals surface area contributed by atoms with Gasteiger partial charge in [-0.1, -0.05) is 125 Å². The Labute approximate surface area is 586 Å². The Kier molecular flexibility index (Phi) is 64.9. The number of rotatable bonds is 62. The lowest BCUT2D eigenvalue weighted by Gasteiger charge is -2.38. The molecule has 2 atom stereocenters. The smallest absolute Gasteiger partial charge is 0.324 e. The normalized spacial score (nSPS) is 12.0. The Morgan fingerprint density at radius 2 is 0.688 bits per heavy atom. The Morgan fingerprint density at radius 3 is 1.03 bits per heavy atom. The molecule has 0 aromatic rings. The molecule has 0 aromatic heterocycles. The molecule has 568 valence electrons. The van der Waals surface area contributed by atoms with Crippen LogP contribution in [0.3, 0.4) is 0 Å². The minimum atomic E-state index is -2.44. The van der Waals surface area contributed by atoms with Crippen LogP contribution in [-0.2, 0) is 46.5 Å². The average molecular weight is 1420 g/mol. The number of hydrogen-bond acceptors (Lipinski definition) is 18. The van der Waals surface area contributed by atoms with Crippen LogP contribution in [0.5, 0.6) is 0 Å². The summed E-state index contributed by atoms with van der Waals surface area (Å²) in [5, 5.41) is 35.8. The van der Waals surface area contributed by atoms with Crippen molar-refractivity contribution in [3.05, 3.63) is 0 Å². The van der Waals surface area contributed by atoms with Crippen LogP contribution in [0, 0.1) is 0 Å². The number of carbonyl (C=O) groups is 8. The van der Waals surface area contributed by atoms with Crippen molar-refractivity contribution in [1.82, 2.24) is 52.7 Å². The SMILES string of the molecule is C.C.C.CC(=O)NCCCCCCNC(=O)N(CCCCCCCC(=O)OCCCC[Si](C)(C)O[Si](C)(C)O[Si](C)(C)CCCCOC(=O)CCCCCCCN(C(=O)CNCCCCCC(C)NO)C(=O)NCCCCCCNC(C)=O)C(=O)CNCCCCCC(C)NO. The first-order valence-corrected chi connectivity index (χ1v) is 45.0. The summed E-state index contributed by atoms with van der Waals surface area (Å²) in [6.45, 7) is 25.2. The van der Waals surface area contributed by atoms with Crippen molar-refractivity contribution in [3.63, 3.8) is 0 Å². The van der Waals surface area contributed by atoms with Crippen LogP contribution < -0.4 is 42.9 Å². The molecule has 0 saturated carbocycles. The highest BCUT2D eigenvalue weighted by Crippen LogP contribution is 2.27. The fourth-order valence-corrected chi connectivity index (χ4v) is 25.1. The van der Waals surface area contributed by atoms with E-state index < -0.39 is 25.2 Å². The van der Waals surface area contributed by atoms with Crippen molar-refractivity contribution in [2.24, 2.45) is 0 Å². The van der Waals surface area contributed by atoms with Crippen molar-refractivity contribution in [3.8, 4) is 0 Å². The molecule has 0 rings (SSSR count). The van der Waals surface area contributed by atoms with Crippen LogP contribution in [0.1, 0.15) is 255 Å². The van der Waals surface area contributed by atoms with Crippen LogP contribution in [0.2, 0.25) is 51.4 Å². The second-order valence-electron chi connectivity index (χ2n) is 27.0. The molecule has 24 nitrogen and oxygen atoms in total. The first kappa shape index (κ1) is 98.5. The molecule has 0 heterocycles. The number of urea groups is 2. The molecule has 0 aliphatic carbocycles. The molecular weight excluding hydrogens is 1280 g/mol. The molecule has 0 aromatic carbocycles. The lowest BCUT2D eigenvalue weighted by Crippen LogP contribution is -2.52. The van der Waals surface area contributed by atoms with Gasteiger partial charge in [-0.2, -0.15) is 0 Å². The van der Waals surface area contributed by atoms with Crippen molar-refractivity contribution in [2.75, 3.05) is 78.7 Å². The van der Waals surface area contributed by atoms with E-state index in [4.69, 9.17) is 28.1 Å². The summed E-state index contributed by atoms with van der Waals surface area (Å²) >= 11 is 0. The number of hydroxylamine groups is 2. The number of hydrogen-bond donors (Lipinski definition) is 10. The molecule has 0 spiro atoms. The van der Waals surface area contributed by atoms with Crippen molar-refractivity contribution >= 4 is 72.8 Å². The van der Waals surface area contributed by atoms with Crippen molar-refractivity contribution < 1.29 is 66.5 Å². The maximum atomic E-state index is 13.2. The van der Waals surface area contributed by atoms with Gasteiger partial charge in [-0.05, 0) is 168 Å². The Bertz CT molecular complexity index is 1870. The minimum absolute atomic E-state index is 0. The van der Waals surface area contributed by atoms with E-state index in [9.17, 15) is 38.4 Å². The van der Waals surface area contributed by atoms with E-state index >= 15 is 0 Å². The van der Waals surface area contributed by atoms with Crippen LogP contribution >= 0.6 is 0 Å². The summed E-state index contributed by atoms with van der Waals surface area (Å²) in [5.41, 5.74) is 4.52. The monoisotopic (exact) mass is 1420 g/mol. The fraction of sp³-hybridized carbons (Fsp3) is 0.884. The molecule has 0 bridgehead atoms. The number of amides is 8. The molecule has 0 saturated heterocycles. The van der Waals surface area contributed by atoms with Crippen LogP contribution in [0.25, 0.3) is 0 Å². The third kappa shape index (κ3) is 61.2. The molecule has 0 radical (unpaired) electrons. The summed E-state index contributed by atoms with van der Waals surface area (Å²) < 4.78 is 24.8. The molecule has 96 heavy (non-hydrogen) atoms. The highest BCUT2D eigenvalue weighted by molar-refractivity contribution is 6.87. The van der Waals surface area contributed by atoms with Crippen LogP contribution in [-0.4, -0.2) is 184 Å². The zero-order valence-corrected chi connectivity index (χ0v) is 62.9. The first-order valence-electron chi connectivity index (χ1n) is 35.9. The molecule has 27 heteroatoms. The maximum Gasteiger partial charge on any atom is 0.324 e. The van der Waals surface area contributed by atoms with Crippen LogP contribution in [0.15, 0.2) is 0 Å². The van der Waals surface area contributed by atoms with E-state index in [1.54, 1.807) is 0 Å². The predicted octanol–water partition coefficient (Wildman–Crippen LogP) is 12.9. The zero-order valence-electron chi connectivity index (χ0n) is 59.9. The summed E-state index contributed by atoms with van der Waals surface area (Å²) in [6.07, 6.45) is 26.3. The molecule has 10 N–H and O–H groups in total. The van der Waals surface area contributed by atoms with Gasteiger partial charge < -0.3 is 60.0 Å². The van der Waals surface area contributed by atoms with E-state index in [0.717, 1.165) is 192 Å². The second kappa shape index (κ2) is 63.3. The lowest BCUT2D eigenvalue weighted by atomic mass is 10.1. The summed E-state index contributed by atoms with van der Waals surface area (Å²) in [5.74, 6) is -0.981. The van der Waals surface area contributed by atoms with Gasteiger partial charge in [0.05, 0.1) is 26.3 Å². The van der Waals surface area contributed by atoms with E-state index in [1.165, 1.54) is 23.6 Å². The minimum Gasteiger partial charge on any atom is -0.466 e. The van der Waals surface area contributed by atoms with Gasteiger partial charge in [0.25, 0.3) is 0 Å². The van der Waals surface area contributed by atoms with Gasteiger partial charge in [0.15, 0.2) is 16.6 Å². The van der Waals surface area contributed by atoms with E-state index in [-0.39, 0.29) is 95.1 Å². The Hall–Kier alpha value is -3.91. The second-order valence-corrected chi connectivity index (χ2v) is 39.4. The predicted molar refractivity (Wildman–Crippen MR) is 396 cm³/mol. The number of ether oxygens (including phenoxy) is 2. The third-order valence-electron chi connectivity index (χ3n) is 16.0. The summed E-state index contributed by atoms with van der Waals surface area (Å²) in [6, 6.07) is 1.20. The van der Waals surface area contributed by atoms with E-state index in [0.29, 0.717) is 91.3 Å². The van der Waals surface area contributed by atoms with Gasteiger partial charge >= 0.3 is 32.6 Å². The number of nitrogens with zero attached hydrogens (tertiary/aromatic N) is 2. The molecule has 0 aliphatic heterocycles. The lowest BCUT2D eigenvalue weighted by molar-refractivity contribution is -0.144. The number of nitrogens with one attached hydrogen (secondary N) is 8. The van der Waals surface area contributed by atoms with Gasteiger partial charge in [-0.3, -0.25) is 38.6 Å². The largest absolute Gasteiger partial charge is 0.466 e. The first-order chi connectivity index (χ1) is 44.3. The number of carbonyl (C=O) groups excluding carboxylic acids is 8. The topological polar surface area (TPSA) is 317 Å². The Morgan fingerprint density at radius 1 is 0.385 bits per heavy atom. The van der Waals surface area contributed by atoms with Crippen molar-refractivity contribution in [1.29, 1.82) is 0 Å². The average Bonchev–Trinajstić information content (AvgIpc) is 0.877. The molecule has 0 aliphatic rings. The fourth-order valence-electron chi connectivity index (χ4n) is 10.9. The van der Waals surface area contributed by atoms with Crippen molar-refractivity contribution in [2.45, 2.75) is 319 Å². The van der Waals surface area contributed by atoms with E-state index in [2.05, 4.69) is 82.1 Å². The Balaban J connectivity index is -0.0000141. The quantitative estimate of drug-likeness (QED) is 0.0117. The highest BCUT2D eigenvalue weighted by Gasteiger charge is 2.39. The summed E-state index contributed by atoms with van der Waals surface area (Å²) in [7, 11) is -6.57. The standard InChI is InChI=1S/C66H134N10O14Si3.3CH4/c1-57(73-85)39-23-21-27-43-67-55-61(79)75(65(83)71-47-31-17-15-29-45-69-59(3)77)49-33-19-11-13-25-41-63(81)87-51-35-37-53-91(5,6)89-93(9,10)90-92(7,8)54-38-36-52-88-64(82)42-26-14-12-20-34-50-76(62(80)56-68-44-28-22-24-40-58(2)74-86)66(84)72-48-32-18-16-30-46-70-60(4)78;;;/h57-58,67-68,73-74,85-86H,11-56H2,1-10H3,(H,69,77)(H,70,78)(H,71,83)(H,72,84);3*1H4. The van der Waals surface area contributed by atoms with Gasteiger partial charge in [0.1, 0.15) is 0 Å². The molecule has 0 fully saturated rings. The number of imide groups is 2. The maximum absolute atomic E-state index is 13.2. The molecule has 2 unspecified atom stereocenters. The van der Waals surface area contributed by atoms with Gasteiger partial charge in [-0.25, -0.2) is 20.5 Å². The van der Waals surface area contributed by atoms with E-state index in [1.807, 2.05) is 13.8 Å². The highest BCUT2D eigenvalue weighted by atomic mass is 28.5. The molecular formula is C69H146N10O14Si3. The number of unbranched alkanes of at least 4 members (excludes halogenated alkanes) is 20. The number of esters is 2. The third-order valence-corrected chi connectivity index (χ3v) is 27.5. The van der Waals surface area contributed by atoms with Gasteiger partial charge in [0.2, 0.25) is 23.6 Å².